The van der Waals surface area contributed by atoms with Crippen molar-refractivity contribution >= 4 is 4.50 Å². The Morgan fingerprint density at radius 3 is 2.40 bits per heavy atom. The summed E-state index contributed by atoms with van der Waals surface area (Å²) in [6, 6.07) is 4.45. The number of aliphatic hydroxyl groups is 4. The van der Waals surface area contributed by atoms with E-state index in [4.69, 9.17) is 20.1 Å². The van der Waals surface area contributed by atoms with E-state index in [2.05, 4.69) is 15.7 Å². The van der Waals surface area contributed by atoms with Gasteiger partial charge in [-0.05, 0) is 0 Å². The molecular formula is C9H11CoO5. The molecule has 15 heavy (non-hydrogen) atoms. The van der Waals surface area contributed by atoms with Crippen LogP contribution >= 0.6 is 0 Å². The van der Waals surface area contributed by atoms with Crippen LogP contribution in [-0.2, 0) is 15.7 Å². The average Bonchev–Trinajstić information content (AvgIpc) is 2.15. The first-order chi connectivity index (χ1) is 6.86. The topological polar surface area (TPSA) is 90.2 Å². The molecule has 1 aromatic rings. The van der Waals surface area contributed by atoms with Crippen LogP contribution in [0, 0.1) is 0 Å². The zero-order valence-corrected chi connectivity index (χ0v) is 8.88. The fraction of sp³-hybridized carbons (Fsp3) is 0.333. The molecule has 0 saturated carbocycles. The van der Waals surface area contributed by atoms with Crippen molar-refractivity contribution in [1.82, 2.24) is 0 Å². The Morgan fingerprint density at radius 1 is 1.33 bits per heavy atom. The zero-order chi connectivity index (χ0) is 11.6. The molecule has 0 spiro atoms. The zero-order valence-electron chi connectivity index (χ0n) is 7.84. The second-order valence-electron chi connectivity index (χ2n) is 2.95. The molecule has 0 radical (unpaired) electrons. The average molecular weight is 258 g/mol. The van der Waals surface area contributed by atoms with E-state index >= 15 is 0 Å². The first kappa shape index (κ1) is 12.4. The number of hydrogen-bond donors (Lipinski definition) is 4. The van der Waals surface area contributed by atoms with E-state index in [-0.39, 0.29) is 11.3 Å². The van der Waals surface area contributed by atoms with E-state index < -0.39 is 12.1 Å². The van der Waals surface area contributed by atoms with Crippen LogP contribution in [0.25, 0.3) is 0 Å². The van der Waals surface area contributed by atoms with Crippen molar-refractivity contribution in [1.29, 1.82) is 0 Å². The molecule has 1 atom stereocenters. The van der Waals surface area contributed by atoms with Crippen LogP contribution in [0.2, 0.25) is 0 Å². The minimum atomic E-state index is -3.21. The van der Waals surface area contributed by atoms with Gasteiger partial charge in [0.15, 0.2) is 0 Å². The van der Waals surface area contributed by atoms with Crippen molar-refractivity contribution in [3.05, 3.63) is 23.8 Å². The Morgan fingerprint density at radius 2 is 1.93 bits per heavy atom. The van der Waals surface area contributed by atoms with Gasteiger partial charge in [-0.2, -0.15) is 0 Å². The molecule has 0 amide bonds. The van der Waals surface area contributed by atoms with Gasteiger partial charge in [0.05, 0.1) is 0 Å². The first-order valence-corrected chi connectivity index (χ1v) is 4.54. The maximum absolute atomic E-state index is 9.43. The van der Waals surface area contributed by atoms with Crippen LogP contribution in [-0.4, -0.2) is 33.5 Å². The van der Waals surface area contributed by atoms with Crippen LogP contribution in [0.5, 0.6) is 5.75 Å². The molecule has 4 N–H and O–H groups in total. The van der Waals surface area contributed by atoms with E-state index in [1.807, 2.05) is 0 Å². The molecule has 0 heterocycles. The van der Waals surface area contributed by atoms with Gasteiger partial charge in [0.2, 0.25) is 0 Å². The van der Waals surface area contributed by atoms with Gasteiger partial charge in [0.25, 0.3) is 0 Å². The molecular weight excluding hydrogens is 247 g/mol. The van der Waals surface area contributed by atoms with Crippen molar-refractivity contribution in [2.75, 3.05) is 7.11 Å². The van der Waals surface area contributed by atoms with Gasteiger partial charge in [0.1, 0.15) is 0 Å². The summed E-state index contributed by atoms with van der Waals surface area (Å²) in [6.45, 7) is 0. The maximum atomic E-state index is 9.43. The summed E-state index contributed by atoms with van der Waals surface area (Å²) in [4.78, 5) is 0. The number of aliphatic hydroxyl groups excluding tert-OH is 1. The van der Waals surface area contributed by atoms with Gasteiger partial charge in [-0.15, -0.1) is 0 Å². The van der Waals surface area contributed by atoms with E-state index in [0.717, 1.165) is 0 Å². The van der Waals surface area contributed by atoms with Crippen LogP contribution in [0.3, 0.4) is 0 Å². The van der Waals surface area contributed by atoms with Gasteiger partial charge in [-0.3, -0.25) is 0 Å². The predicted octanol–water partition coefficient (Wildman–Crippen LogP) is -1.47. The number of hydrogen-bond acceptors (Lipinski definition) is 5. The van der Waals surface area contributed by atoms with E-state index in [0.29, 0.717) is 4.50 Å². The van der Waals surface area contributed by atoms with Gasteiger partial charge in [0, 0.05) is 0 Å². The van der Waals surface area contributed by atoms with Crippen LogP contribution in [0.4, 0.5) is 0 Å². The van der Waals surface area contributed by atoms with Gasteiger partial charge >= 0.3 is 94.1 Å². The number of ether oxygens (including phenoxy) is 1. The summed E-state index contributed by atoms with van der Waals surface area (Å²) in [6.07, 6.45) is -1.89. The molecule has 1 unspecified atom stereocenters. The molecule has 0 aliphatic heterocycles. The Kier molecular flexibility index (Phi) is 3.71. The van der Waals surface area contributed by atoms with Gasteiger partial charge in [-0.1, -0.05) is 0 Å². The fourth-order valence-electron chi connectivity index (χ4n) is 1.12. The van der Waals surface area contributed by atoms with Crippen molar-refractivity contribution < 1.29 is 40.9 Å². The van der Waals surface area contributed by atoms with Crippen molar-refractivity contribution in [2.24, 2.45) is 0 Å². The van der Waals surface area contributed by atoms with Crippen LogP contribution in [0.15, 0.2) is 18.2 Å². The second-order valence-corrected chi connectivity index (χ2v) is 3.55. The molecule has 0 aliphatic rings. The monoisotopic (exact) mass is 258 g/mol. The predicted molar refractivity (Wildman–Crippen MR) is 47.0 cm³/mol. The second kappa shape index (κ2) is 4.48. The Hall–Kier alpha value is -0.634. The van der Waals surface area contributed by atoms with Crippen molar-refractivity contribution in [2.45, 2.75) is 12.1 Å². The summed E-state index contributed by atoms with van der Waals surface area (Å²) in [5.41, 5.74) is 0.0376. The third kappa shape index (κ3) is 2.91. The van der Waals surface area contributed by atoms with E-state index in [1.54, 1.807) is 6.07 Å². The number of methoxy groups -OCH3 is 1. The standard InChI is InChI=1S/C9H11O5.Co/c1-14-7-5-3-2-4-6(7)8(10)9(11,12)13;/h3-5,8,10-13H,1H3;. The Bertz CT molecular complexity index is 347. The molecule has 0 fully saturated rings. The third-order valence-electron chi connectivity index (χ3n) is 1.84. The van der Waals surface area contributed by atoms with Crippen molar-refractivity contribution in [3.8, 4) is 5.75 Å². The van der Waals surface area contributed by atoms with Gasteiger partial charge in [-0.25, -0.2) is 0 Å². The van der Waals surface area contributed by atoms with E-state index in [9.17, 15) is 5.11 Å². The molecule has 0 aliphatic carbocycles. The summed E-state index contributed by atoms with van der Waals surface area (Å²) < 4.78 is 5.38. The molecule has 1 rings (SSSR count). The minimum absolute atomic E-state index is 0.0376. The number of rotatable bonds is 3. The molecule has 1 aromatic carbocycles. The summed E-state index contributed by atoms with van der Waals surface area (Å²) in [5, 5.41) is 35.9. The number of benzene rings is 1. The molecule has 86 valence electrons. The molecule has 6 heteroatoms. The first-order valence-electron chi connectivity index (χ1n) is 4.02. The van der Waals surface area contributed by atoms with Crippen molar-refractivity contribution in [3.63, 3.8) is 0 Å². The van der Waals surface area contributed by atoms with Gasteiger partial charge < -0.3 is 0 Å². The Balaban J connectivity index is 3.17. The third-order valence-corrected chi connectivity index (χ3v) is 2.16. The Labute approximate surface area is 94.5 Å². The molecule has 0 saturated heterocycles. The van der Waals surface area contributed by atoms with Crippen LogP contribution in [0.1, 0.15) is 11.7 Å². The normalized spacial score (nSPS) is 13.8. The summed E-state index contributed by atoms with van der Waals surface area (Å²) >= 11 is 4.07. The quantitative estimate of drug-likeness (QED) is 0.497. The van der Waals surface area contributed by atoms with Crippen LogP contribution < -0.4 is 9.23 Å². The molecule has 0 aromatic heterocycles. The SMILES string of the molecule is COc1cc[c]([Co])cc1C(O)C(O)(O)O. The summed E-state index contributed by atoms with van der Waals surface area (Å²) in [5.74, 6) is -2.99. The molecule has 5 nitrogen and oxygen atoms in total. The summed E-state index contributed by atoms with van der Waals surface area (Å²) in [7, 11) is 1.36. The molecule has 0 bridgehead atoms. The fourth-order valence-corrected chi connectivity index (χ4v) is 1.37. The van der Waals surface area contributed by atoms with E-state index in [1.165, 1.54) is 19.2 Å².